The number of hydrogen-bond acceptors (Lipinski definition) is 6. The molecule has 1 aliphatic rings. The number of hydrogen-bond donors (Lipinski definition) is 5. The van der Waals surface area contributed by atoms with Crippen molar-refractivity contribution in [2.24, 2.45) is 16.9 Å². The molecule has 10 heteroatoms. The Hall–Kier alpha value is -2.36. The van der Waals surface area contributed by atoms with Gasteiger partial charge in [-0.15, -0.1) is 0 Å². The number of nitrogens with one attached hydrogen (secondary N) is 3. The number of unbranched alkanes of at least 4 members (excludes halogenated alkanes) is 1. The number of nitrogens with zero attached hydrogens (tertiary/aromatic N) is 1. The van der Waals surface area contributed by atoms with Crippen molar-refractivity contribution in [3.63, 3.8) is 0 Å². The smallest absolute Gasteiger partial charge is 0.336 e. The molecule has 1 unspecified atom stereocenters. The summed E-state index contributed by atoms with van der Waals surface area (Å²) in [6.45, 7) is 5.04. The molecule has 0 aromatic rings. The van der Waals surface area contributed by atoms with Gasteiger partial charge in [-0.25, -0.2) is 4.79 Å². The minimum Gasteiger partial charge on any atom is -0.479 e. The first-order valence-corrected chi connectivity index (χ1v) is 8.28. The van der Waals surface area contributed by atoms with Gasteiger partial charge in [-0.2, -0.15) is 5.10 Å². The molecule has 3 atom stereocenters. The first-order chi connectivity index (χ1) is 11.9. The molecule has 1 aliphatic heterocycles. The zero-order valence-electron chi connectivity index (χ0n) is 14.5. The van der Waals surface area contributed by atoms with E-state index in [4.69, 9.17) is 15.7 Å². The lowest BCUT2D eigenvalue weighted by Crippen LogP contribution is -2.49. The first kappa shape index (κ1) is 20.7. The summed E-state index contributed by atoms with van der Waals surface area (Å²) in [5, 5.41) is 20.3. The first-order valence-electron chi connectivity index (χ1n) is 8.28. The Morgan fingerprint density at radius 1 is 1.24 bits per heavy atom. The second kappa shape index (κ2) is 10.5. The number of epoxide rings is 1. The van der Waals surface area contributed by atoms with Crippen molar-refractivity contribution in [2.45, 2.75) is 51.4 Å². The predicted octanol–water partition coefficient (Wildman–Crippen LogP) is -1.24. The Balaban J connectivity index is 2.37. The molecule has 25 heavy (non-hydrogen) atoms. The van der Waals surface area contributed by atoms with Crippen molar-refractivity contribution in [3.8, 4) is 0 Å². The number of amides is 2. The van der Waals surface area contributed by atoms with Crippen LogP contribution in [-0.2, 0) is 19.1 Å². The molecule has 0 saturated carbocycles. The molecule has 10 nitrogen and oxygen atoms in total. The normalized spacial score (nSPS) is 20.3. The lowest BCUT2D eigenvalue weighted by atomic mass is 10.0. The lowest BCUT2D eigenvalue weighted by Gasteiger charge is -2.19. The van der Waals surface area contributed by atoms with Gasteiger partial charge >= 0.3 is 5.97 Å². The van der Waals surface area contributed by atoms with Crippen LogP contribution < -0.4 is 21.8 Å². The molecule has 0 aliphatic carbocycles. The topological polar surface area (TPSA) is 158 Å². The summed E-state index contributed by atoms with van der Waals surface area (Å²) in [6.07, 6.45) is 1.30. The van der Waals surface area contributed by atoms with Gasteiger partial charge in [0.25, 0.3) is 5.91 Å². The fourth-order valence-corrected chi connectivity index (χ4v) is 2.26. The van der Waals surface area contributed by atoms with E-state index in [9.17, 15) is 14.4 Å². The number of carboxylic acid groups (broad SMARTS) is 1. The van der Waals surface area contributed by atoms with Gasteiger partial charge in [0.15, 0.2) is 12.2 Å². The van der Waals surface area contributed by atoms with E-state index in [0.29, 0.717) is 19.5 Å². The van der Waals surface area contributed by atoms with Crippen molar-refractivity contribution >= 4 is 24.1 Å². The number of carboxylic acids is 1. The number of rotatable bonds is 12. The minimum atomic E-state index is -1.18. The number of carbonyl (C=O) groups excluding carboxylic acids is 2. The fourth-order valence-electron chi connectivity index (χ4n) is 2.26. The Bertz CT molecular complexity index is 497. The van der Waals surface area contributed by atoms with E-state index in [1.54, 1.807) is 0 Å². The molecule has 0 aromatic carbocycles. The van der Waals surface area contributed by atoms with Crippen molar-refractivity contribution in [1.29, 1.82) is 0 Å². The van der Waals surface area contributed by atoms with Crippen molar-refractivity contribution < 1.29 is 24.2 Å². The molecule has 142 valence electrons. The van der Waals surface area contributed by atoms with E-state index >= 15 is 0 Å². The maximum absolute atomic E-state index is 12.3. The van der Waals surface area contributed by atoms with Gasteiger partial charge in [0.1, 0.15) is 12.4 Å². The average molecular weight is 357 g/mol. The number of aliphatic carboxylic acids is 1. The SMILES string of the molecule is CC(C)CC(NC(=O)[C@H]1O[C@@H]1C(=O)O)C(=O)NCCCCNC=NN. The van der Waals surface area contributed by atoms with Gasteiger partial charge in [-0.1, -0.05) is 13.8 Å². The van der Waals surface area contributed by atoms with Crippen LogP contribution in [0, 0.1) is 5.92 Å². The van der Waals surface area contributed by atoms with Gasteiger partial charge in [0.05, 0.1) is 0 Å². The highest BCUT2D eigenvalue weighted by Gasteiger charge is 2.51. The minimum absolute atomic E-state index is 0.186. The van der Waals surface area contributed by atoms with Crippen molar-refractivity contribution in [2.75, 3.05) is 13.1 Å². The third-order valence-corrected chi connectivity index (χ3v) is 3.55. The maximum atomic E-state index is 12.3. The van der Waals surface area contributed by atoms with Gasteiger partial charge in [-0.05, 0) is 25.2 Å². The molecule has 0 radical (unpaired) electrons. The molecule has 6 N–H and O–H groups in total. The summed E-state index contributed by atoms with van der Waals surface area (Å²) in [5.74, 6) is 3.09. The fraction of sp³-hybridized carbons (Fsp3) is 0.733. The molecule has 1 fully saturated rings. The summed E-state index contributed by atoms with van der Waals surface area (Å²) >= 11 is 0. The van der Waals surface area contributed by atoms with Gasteiger partial charge in [-0.3, -0.25) is 9.59 Å². The van der Waals surface area contributed by atoms with Crippen LogP contribution in [0.25, 0.3) is 0 Å². The van der Waals surface area contributed by atoms with E-state index in [2.05, 4.69) is 21.1 Å². The summed E-state index contributed by atoms with van der Waals surface area (Å²) in [5.41, 5.74) is 0. The Kier molecular flexibility index (Phi) is 8.68. The van der Waals surface area contributed by atoms with Crippen LogP contribution in [0.4, 0.5) is 0 Å². The molecule has 1 heterocycles. The number of ether oxygens (including phenoxy) is 1. The highest BCUT2D eigenvalue weighted by atomic mass is 16.6. The Labute approximate surface area is 146 Å². The van der Waals surface area contributed by atoms with Gasteiger partial charge < -0.3 is 31.6 Å². The van der Waals surface area contributed by atoms with Gasteiger partial charge in [0.2, 0.25) is 5.91 Å². The van der Waals surface area contributed by atoms with E-state index in [1.807, 2.05) is 13.8 Å². The van der Waals surface area contributed by atoms with Crippen LogP contribution in [0.2, 0.25) is 0 Å². The predicted molar refractivity (Wildman–Crippen MR) is 90.6 cm³/mol. The Morgan fingerprint density at radius 2 is 1.92 bits per heavy atom. The van der Waals surface area contributed by atoms with Crippen molar-refractivity contribution in [3.05, 3.63) is 0 Å². The molecular formula is C15H27N5O5. The summed E-state index contributed by atoms with van der Waals surface area (Å²) < 4.78 is 4.80. The van der Waals surface area contributed by atoms with Gasteiger partial charge in [0, 0.05) is 13.1 Å². The second-order valence-corrected chi connectivity index (χ2v) is 6.24. The molecule has 2 amide bonds. The highest BCUT2D eigenvalue weighted by Crippen LogP contribution is 2.22. The second-order valence-electron chi connectivity index (χ2n) is 6.24. The monoisotopic (exact) mass is 357 g/mol. The quantitative estimate of drug-likeness (QED) is 0.0729. The van der Waals surface area contributed by atoms with E-state index in [-0.39, 0.29) is 11.8 Å². The van der Waals surface area contributed by atoms with E-state index in [0.717, 1.165) is 12.8 Å². The molecule has 0 spiro atoms. The number of nitrogens with two attached hydrogens (primary N) is 1. The number of carbonyl (C=O) groups is 3. The van der Waals surface area contributed by atoms with Crippen LogP contribution in [0.5, 0.6) is 0 Å². The molecule has 1 rings (SSSR count). The van der Waals surface area contributed by atoms with Crippen LogP contribution in [0.1, 0.15) is 33.1 Å². The molecule has 0 aromatic heterocycles. The summed E-state index contributed by atoms with van der Waals surface area (Å²) in [7, 11) is 0. The molecular weight excluding hydrogens is 330 g/mol. The average Bonchev–Trinajstić information content (AvgIpc) is 3.33. The zero-order chi connectivity index (χ0) is 18.8. The third-order valence-electron chi connectivity index (χ3n) is 3.55. The number of hydrazone groups is 1. The van der Waals surface area contributed by atoms with Crippen LogP contribution in [0.15, 0.2) is 5.10 Å². The zero-order valence-corrected chi connectivity index (χ0v) is 14.5. The summed E-state index contributed by atoms with van der Waals surface area (Å²) in [6, 6.07) is -0.714. The Morgan fingerprint density at radius 3 is 2.48 bits per heavy atom. The standard InChI is InChI=1S/C15H27N5O5/c1-9(2)7-10(20-14(22)11-12(25-11)15(23)24)13(21)18-6-4-3-5-17-8-19-16/h8-12H,3-7,16H2,1-2H3,(H,17,19)(H,18,21)(H,20,22)(H,23,24)/t10?,11-,12-/m0/s1. The highest BCUT2D eigenvalue weighted by molar-refractivity contribution is 5.95. The van der Waals surface area contributed by atoms with Crippen molar-refractivity contribution in [1.82, 2.24) is 16.0 Å². The molecule has 1 saturated heterocycles. The van der Waals surface area contributed by atoms with E-state index < -0.39 is 30.1 Å². The maximum Gasteiger partial charge on any atom is 0.336 e. The lowest BCUT2D eigenvalue weighted by molar-refractivity contribution is -0.138. The largest absolute Gasteiger partial charge is 0.479 e. The summed E-state index contributed by atoms with van der Waals surface area (Å²) in [4.78, 5) is 35.0. The molecule has 0 bridgehead atoms. The van der Waals surface area contributed by atoms with Crippen LogP contribution in [-0.4, -0.2) is 60.6 Å². The van der Waals surface area contributed by atoms with E-state index in [1.165, 1.54) is 6.34 Å². The van der Waals surface area contributed by atoms with Crippen LogP contribution >= 0.6 is 0 Å². The van der Waals surface area contributed by atoms with Crippen LogP contribution in [0.3, 0.4) is 0 Å². The third kappa shape index (κ3) is 7.84.